The number of halogens is 1. The van der Waals surface area contributed by atoms with E-state index >= 15 is 0 Å². The van der Waals surface area contributed by atoms with Gasteiger partial charge in [-0.1, -0.05) is 22.6 Å². The molecule has 0 aromatic carbocycles. The molecule has 3 saturated heterocycles. The molecule has 7 heteroatoms. The molecule has 0 bridgehead atoms. The minimum Gasteiger partial charge on any atom is -0.387 e. The largest absolute Gasteiger partial charge is 0.387 e. The molecule has 0 aromatic rings. The van der Waals surface area contributed by atoms with Crippen LogP contribution in [-0.4, -0.2) is 57.9 Å². The van der Waals surface area contributed by atoms with Crippen molar-refractivity contribution in [2.24, 2.45) is 0 Å². The first kappa shape index (κ1) is 16.4. The molecule has 0 spiro atoms. The highest BCUT2D eigenvalue weighted by Crippen LogP contribution is 2.50. The van der Waals surface area contributed by atoms with Crippen LogP contribution in [0.4, 0.5) is 0 Å². The van der Waals surface area contributed by atoms with Gasteiger partial charge in [0.25, 0.3) is 0 Å². The molecule has 0 aromatic heterocycles. The first-order chi connectivity index (χ1) is 9.69. The molecular weight excluding hydrogens is 391 g/mol. The lowest BCUT2D eigenvalue weighted by atomic mass is 9.98. The fourth-order valence-electron chi connectivity index (χ4n) is 3.29. The summed E-state index contributed by atoms with van der Waals surface area (Å²) >= 11 is 2.23. The second-order valence-electron chi connectivity index (χ2n) is 6.70. The number of rotatable bonds is 3. The Labute approximate surface area is 138 Å². The fraction of sp³-hybridized carbons (Fsp3) is 1.00. The highest BCUT2D eigenvalue weighted by molar-refractivity contribution is 14.1. The Hall–Kier alpha value is 0.490. The average molecular weight is 414 g/mol. The van der Waals surface area contributed by atoms with E-state index in [9.17, 15) is 5.11 Å². The van der Waals surface area contributed by atoms with Crippen LogP contribution in [0.15, 0.2) is 0 Å². The molecule has 3 rings (SSSR count). The molecule has 1 N–H and O–H groups in total. The lowest BCUT2D eigenvalue weighted by Gasteiger charge is -2.38. The summed E-state index contributed by atoms with van der Waals surface area (Å²) in [6.07, 6.45) is -1.25. The predicted octanol–water partition coefficient (Wildman–Crippen LogP) is 1.57. The van der Waals surface area contributed by atoms with E-state index in [1.165, 1.54) is 0 Å². The predicted molar refractivity (Wildman–Crippen MR) is 82.1 cm³/mol. The van der Waals surface area contributed by atoms with Crippen molar-refractivity contribution in [2.75, 3.05) is 11.0 Å². The molecule has 0 aliphatic carbocycles. The third-order valence-electron chi connectivity index (χ3n) is 4.08. The third-order valence-corrected chi connectivity index (χ3v) is 4.70. The molecule has 3 aliphatic heterocycles. The smallest absolute Gasteiger partial charge is 0.227 e. The number of ether oxygens (including phenoxy) is 5. The van der Waals surface area contributed by atoms with Gasteiger partial charge in [-0.25, -0.2) is 0 Å². The van der Waals surface area contributed by atoms with Crippen molar-refractivity contribution in [1.82, 2.24) is 0 Å². The molecular formula is C14H23IO6. The summed E-state index contributed by atoms with van der Waals surface area (Å²) in [5.74, 6) is -2.67. The Morgan fingerprint density at radius 3 is 2.52 bits per heavy atom. The van der Waals surface area contributed by atoms with E-state index in [1.54, 1.807) is 0 Å². The van der Waals surface area contributed by atoms with E-state index in [1.807, 2.05) is 27.7 Å². The standard InChI is InChI=1S/C14H23IO6/c1-12(2)17-7-8-10(19-12)11-14(18-8,9(16)5-6-15)21-13(3,4)20-11/h8-11,16H,5-7H2,1-4H3/t8-,9+,10+,11-,14-/m0/s1. The summed E-state index contributed by atoms with van der Waals surface area (Å²) in [6.45, 7) is 7.79. The van der Waals surface area contributed by atoms with Gasteiger partial charge in [-0.15, -0.1) is 0 Å². The zero-order chi connectivity index (χ0) is 15.5. The molecule has 3 aliphatic rings. The number of hydrogen-bond acceptors (Lipinski definition) is 6. The number of hydrogen-bond donors (Lipinski definition) is 1. The number of fused-ring (bicyclic) bond motifs is 3. The molecule has 3 fully saturated rings. The van der Waals surface area contributed by atoms with Crippen LogP contribution in [0.25, 0.3) is 0 Å². The number of alkyl halides is 1. The van der Waals surface area contributed by atoms with Crippen LogP contribution < -0.4 is 0 Å². The van der Waals surface area contributed by atoms with Gasteiger partial charge in [0.2, 0.25) is 5.79 Å². The SMILES string of the molecule is CC1(C)OC[C@@H]2O[C@@]3([C@H](O)CCI)OC(C)(C)O[C@H]3[C@@H]2O1. The first-order valence-corrected chi connectivity index (χ1v) is 8.83. The van der Waals surface area contributed by atoms with Crippen LogP contribution in [-0.2, 0) is 23.7 Å². The molecule has 21 heavy (non-hydrogen) atoms. The highest BCUT2D eigenvalue weighted by atomic mass is 127. The maximum absolute atomic E-state index is 10.6. The molecule has 0 unspecified atom stereocenters. The maximum Gasteiger partial charge on any atom is 0.227 e. The van der Waals surface area contributed by atoms with Gasteiger partial charge in [0.15, 0.2) is 11.6 Å². The Morgan fingerprint density at radius 1 is 1.14 bits per heavy atom. The summed E-state index contributed by atoms with van der Waals surface area (Å²) in [6, 6.07) is 0. The van der Waals surface area contributed by atoms with E-state index in [0.717, 1.165) is 4.43 Å². The molecule has 5 atom stereocenters. The van der Waals surface area contributed by atoms with Crippen molar-refractivity contribution in [2.45, 2.75) is 75.9 Å². The van der Waals surface area contributed by atoms with Crippen molar-refractivity contribution >= 4 is 22.6 Å². The molecule has 122 valence electrons. The zero-order valence-corrected chi connectivity index (χ0v) is 15.0. The Bertz CT molecular complexity index is 414. The van der Waals surface area contributed by atoms with Crippen molar-refractivity contribution in [3.63, 3.8) is 0 Å². The Balaban J connectivity index is 1.90. The zero-order valence-electron chi connectivity index (χ0n) is 12.8. The lowest BCUT2D eigenvalue weighted by Crippen LogP contribution is -2.53. The van der Waals surface area contributed by atoms with Crippen molar-refractivity contribution < 1.29 is 28.8 Å². The van der Waals surface area contributed by atoms with E-state index in [-0.39, 0.29) is 12.2 Å². The summed E-state index contributed by atoms with van der Waals surface area (Å²) in [4.78, 5) is 0. The van der Waals surface area contributed by atoms with E-state index in [4.69, 9.17) is 23.7 Å². The molecule has 0 radical (unpaired) electrons. The normalized spacial score (nSPS) is 45.1. The van der Waals surface area contributed by atoms with Gasteiger partial charge in [-0.05, 0) is 34.1 Å². The topological polar surface area (TPSA) is 66.4 Å². The highest BCUT2D eigenvalue weighted by Gasteiger charge is 2.69. The first-order valence-electron chi connectivity index (χ1n) is 7.31. The minimum absolute atomic E-state index is 0.289. The van der Waals surface area contributed by atoms with Crippen LogP contribution in [0.5, 0.6) is 0 Å². The molecule has 3 heterocycles. The number of aliphatic hydroxyl groups is 1. The van der Waals surface area contributed by atoms with Gasteiger partial charge in [0, 0.05) is 4.43 Å². The van der Waals surface area contributed by atoms with Gasteiger partial charge in [0.1, 0.15) is 24.4 Å². The maximum atomic E-state index is 10.6. The van der Waals surface area contributed by atoms with Gasteiger partial charge >= 0.3 is 0 Å². The lowest BCUT2D eigenvalue weighted by molar-refractivity contribution is -0.336. The molecule has 0 amide bonds. The second kappa shape index (κ2) is 5.25. The fourth-order valence-corrected chi connectivity index (χ4v) is 3.88. The summed E-state index contributed by atoms with van der Waals surface area (Å²) in [5.41, 5.74) is 0. The van der Waals surface area contributed by atoms with Crippen LogP contribution in [0, 0.1) is 0 Å². The summed E-state index contributed by atoms with van der Waals surface area (Å²) < 4.78 is 30.5. The third kappa shape index (κ3) is 2.75. The monoisotopic (exact) mass is 414 g/mol. The van der Waals surface area contributed by atoms with Crippen LogP contribution in [0.3, 0.4) is 0 Å². The van der Waals surface area contributed by atoms with Gasteiger partial charge in [-0.2, -0.15) is 0 Å². The van der Waals surface area contributed by atoms with Crippen LogP contribution in [0.2, 0.25) is 0 Å². The number of aliphatic hydroxyl groups excluding tert-OH is 1. The van der Waals surface area contributed by atoms with E-state index < -0.39 is 29.6 Å². The second-order valence-corrected chi connectivity index (χ2v) is 7.78. The van der Waals surface area contributed by atoms with Gasteiger partial charge in [-0.3, -0.25) is 0 Å². The molecule has 0 saturated carbocycles. The van der Waals surface area contributed by atoms with E-state index in [0.29, 0.717) is 13.0 Å². The van der Waals surface area contributed by atoms with Crippen LogP contribution in [0.1, 0.15) is 34.1 Å². The summed E-state index contributed by atoms with van der Waals surface area (Å²) in [5, 5.41) is 10.6. The van der Waals surface area contributed by atoms with Gasteiger partial charge in [0.05, 0.1) is 6.61 Å². The summed E-state index contributed by atoms with van der Waals surface area (Å²) in [7, 11) is 0. The van der Waals surface area contributed by atoms with Crippen molar-refractivity contribution in [3.8, 4) is 0 Å². The average Bonchev–Trinajstić information content (AvgIpc) is 2.78. The Morgan fingerprint density at radius 2 is 1.86 bits per heavy atom. The van der Waals surface area contributed by atoms with E-state index in [2.05, 4.69) is 22.6 Å². The van der Waals surface area contributed by atoms with Gasteiger partial charge < -0.3 is 28.8 Å². The van der Waals surface area contributed by atoms with Crippen molar-refractivity contribution in [1.29, 1.82) is 0 Å². The van der Waals surface area contributed by atoms with Crippen LogP contribution >= 0.6 is 22.6 Å². The molecule has 6 nitrogen and oxygen atoms in total. The minimum atomic E-state index is -1.17. The Kier molecular flexibility index (Phi) is 4.09. The quantitative estimate of drug-likeness (QED) is 0.559. The van der Waals surface area contributed by atoms with Crippen molar-refractivity contribution in [3.05, 3.63) is 0 Å².